The lowest BCUT2D eigenvalue weighted by atomic mass is 9.99. The molecule has 1 atom stereocenters. The van der Waals surface area contributed by atoms with Gasteiger partial charge in [0.25, 0.3) is 5.91 Å². The Balaban J connectivity index is 1.87. The SMILES string of the molecule is CCC(C)c1ccc(OCC(=O)NN=Cc2ccc(OC)c([N+](=O)[O-])c2)cc1. The summed E-state index contributed by atoms with van der Waals surface area (Å²) in [6.07, 6.45) is 2.36. The van der Waals surface area contributed by atoms with E-state index in [9.17, 15) is 14.9 Å². The molecular formula is C20H23N3O5. The molecule has 2 aromatic carbocycles. The van der Waals surface area contributed by atoms with Crippen molar-refractivity contribution in [3.05, 3.63) is 63.7 Å². The first-order valence-corrected chi connectivity index (χ1v) is 8.81. The van der Waals surface area contributed by atoms with Crippen molar-refractivity contribution in [1.82, 2.24) is 5.43 Å². The number of benzene rings is 2. The van der Waals surface area contributed by atoms with E-state index in [2.05, 4.69) is 24.4 Å². The molecule has 0 aliphatic heterocycles. The second-order valence-corrected chi connectivity index (χ2v) is 6.15. The monoisotopic (exact) mass is 385 g/mol. The highest BCUT2D eigenvalue weighted by atomic mass is 16.6. The van der Waals surface area contributed by atoms with E-state index in [0.29, 0.717) is 17.2 Å². The quantitative estimate of drug-likeness (QED) is 0.403. The maximum Gasteiger partial charge on any atom is 0.311 e. The van der Waals surface area contributed by atoms with Crippen LogP contribution < -0.4 is 14.9 Å². The van der Waals surface area contributed by atoms with Crippen molar-refractivity contribution in [2.75, 3.05) is 13.7 Å². The van der Waals surface area contributed by atoms with Gasteiger partial charge in [0.15, 0.2) is 12.4 Å². The molecule has 8 nitrogen and oxygen atoms in total. The van der Waals surface area contributed by atoms with Crippen LogP contribution in [0.3, 0.4) is 0 Å². The average molecular weight is 385 g/mol. The molecule has 0 saturated carbocycles. The maximum absolute atomic E-state index is 11.8. The Morgan fingerprint density at radius 2 is 2.00 bits per heavy atom. The zero-order valence-corrected chi connectivity index (χ0v) is 16.0. The van der Waals surface area contributed by atoms with E-state index in [-0.39, 0.29) is 18.0 Å². The number of rotatable bonds is 9. The van der Waals surface area contributed by atoms with Gasteiger partial charge >= 0.3 is 5.69 Å². The third-order valence-corrected chi connectivity index (χ3v) is 4.23. The van der Waals surface area contributed by atoms with Gasteiger partial charge in [-0.05, 0) is 42.2 Å². The molecule has 0 aliphatic carbocycles. The summed E-state index contributed by atoms with van der Waals surface area (Å²) in [5.74, 6) is 0.779. The Hall–Kier alpha value is -3.42. The number of hydrazone groups is 1. The van der Waals surface area contributed by atoms with Crippen LogP contribution in [0.15, 0.2) is 47.6 Å². The van der Waals surface area contributed by atoms with E-state index in [1.807, 2.05) is 24.3 Å². The summed E-state index contributed by atoms with van der Waals surface area (Å²) in [5.41, 5.74) is 3.82. The van der Waals surface area contributed by atoms with Gasteiger partial charge in [-0.25, -0.2) is 5.43 Å². The molecule has 0 radical (unpaired) electrons. The van der Waals surface area contributed by atoms with Crippen molar-refractivity contribution in [3.8, 4) is 11.5 Å². The van der Waals surface area contributed by atoms with Crippen LogP contribution >= 0.6 is 0 Å². The minimum absolute atomic E-state index is 0.152. The van der Waals surface area contributed by atoms with Gasteiger partial charge < -0.3 is 9.47 Å². The summed E-state index contributed by atoms with van der Waals surface area (Å²) in [6, 6.07) is 12.0. The molecule has 1 amide bonds. The van der Waals surface area contributed by atoms with Gasteiger partial charge in [-0.1, -0.05) is 26.0 Å². The van der Waals surface area contributed by atoms with Gasteiger partial charge in [0.05, 0.1) is 18.2 Å². The molecule has 0 heterocycles. The van der Waals surface area contributed by atoms with E-state index < -0.39 is 10.8 Å². The molecule has 148 valence electrons. The molecule has 8 heteroatoms. The number of carbonyl (C=O) groups is 1. The van der Waals surface area contributed by atoms with Gasteiger partial charge in [-0.2, -0.15) is 5.10 Å². The molecule has 28 heavy (non-hydrogen) atoms. The normalized spacial score (nSPS) is 11.8. The molecule has 0 fully saturated rings. The topological polar surface area (TPSA) is 103 Å². The molecule has 0 aromatic heterocycles. The lowest BCUT2D eigenvalue weighted by Gasteiger charge is -2.10. The van der Waals surface area contributed by atoms with E-state index in [0.717, 1.165) is 6.42 Å². The number of nitro benzene ring substituents is 1. The number of carbonyl (C=O) groups excluding carboxylic acids is 1. The van der Waals surface area contributed by atoms with Crippen LogP contribution in [0.25, 0.3) is 0 Å². The molecule has 0 aliphatic rings. The zero-order valence-electron chi connectivity index (χ0n) is 16.0. The predicted molar refractivity (Wildman–Crippen MR) is 106 cm³/mol. The van der Waals surface area contributed by atoms with Gasteiger partial charge in [-0.3, -0.25) is 14.9 Å². The Labute approximate surface area is 163 Å². The molecule has 0 spiro atoms. The summed E-state index contributed by atoms with van der Waals surface area (Å²) in [4.78, 5) is 22.3. The van der Waals surface area contributed by atoms with E-state index in [1.165, 1.54) is 31.0 Å². The van der Waals surface area contributed by atoms with Crippen molar-refractivity contribution < 1.29 is 19.2 Å². The van der Waals surface area contributed by atoms with Crippen molar-refractivity contribution in [1.29, 1.82) is 0 Å². The number of nitrogens with zero attached hydrogens (tertiary/aromatic N) is 2. The number of nitrogens with one attached hydrogen (secondary N) is 1. The maximum atomic E-state index is 11.8. The van der Waals surface area contributed by atoms with E-state index in [4.69, 9.17) is 9.47 Å². The third kappa shape index (κ3) is 5.80. The molecule has 0 saturated heterocycles. The molecule has 0 bridgehead atoms. The van der Waals surface area contributed by atoms with Crippen molar-refractivity contribution in [2.45, 2.75) is 26.2 Å². The number of hydrogen-bond donors (Lipinski definition) is 1. The number of methoxy groups -OCH3 is 1. The fourth-order valence-corrected chi connectivity index (χ4v) is 2.42. The smallest absolute Gasteiger partial charge is 0.311 e. The van der Waals surface area contributed by atoms with Crippen molar-refractivity contribution in [3.63, 3.8) is 0 Å². The zero-order chi connectivity index (χ0) is 20.5. The average Bonchev–Trinajstić information content (AvgIpc) is 2.71. The van der Waals surface area contributed by atoms with Crippen LogP contribution in [-0.2, 0) is 4.79 Å². The minimum Gasteiger partial charge on any atom is -0.490 e. The lowest BCUT2D eigenvalue weighted by molar-refractivity contribution is -0.385. The van der Waals surface area contributed by atoms with E-state index in [1.54, 1.807) is 6.07 Å². The second-order valence-electron chi connectivity index (χ2n) is 6.15. The summed E-state index contributed by atoms with van der Waals surface area (Å²) < 4.78 is 10.4. The second kappa shape index (κ2) is 10.1. The molecule has 2 rings (SSSR count). The summed E-state index contributed by atoms with van der Waals surface area (Å²) in [5, 5.41) is 14.8. The highest BCUT2D eigenvalue weighted by Crippen LogP contribution is 2.26. The minimum atomic E-state index is -0.547. The van der Waals surface area contributed by atoms with Crippen LogP contribution in [-0.4, -0.2) is 30.8 Å². The van der Waals surface area contributed by atoms with Crippen LogP contribution in [0.1, 0.15) is 37.3 Å². The van der Waals surface area contributed by atoms with Crippen LogP contribution in [0.4, 0.5) is 5.69 Å². The summed E-state index contributed by atoms with van der Waals surface area (Å²) in [6.45, 7) is 4.09. The van der Waals surface area contributed by atoms with Gasteiger partial charge in [-0.15, -0.1) is 0 Å². The number of ether oxygens (including phenoxy) is 2. The number of hydrogen-bond acceptors (Lipinski definition) is 6. The first-order chi connectivity index (χ1) is 13.4. The molecule has 1 N–H and O–H groups in total. The largest absolute Gasteiger partial charge is 0.490 e. The van der Waals surface area contributed by atoms with Gasteiger partial charge in [0.2, 0.25) is 0 Å². The highest BCUT2D eigenvalue weighted by molar-refractivity contribution is 5.84. The molecule has 1 unspecified atom stereocenters. The standard InChI is InChI=1S/C20H23N3O5/c1-4-14(2)16-6-8-17(9-7-16)28-13-20(24)22-21-12-15-5-10-19(27-3)18(11-15)23(25)26/h5-12,14H,4,13H2,1-3H3,(H,22,24). The fourth-order valence-electron chi connectivity index (χ4n) is 2.42. The molecular weight excluding hydrogens is 362 g/mol. The Kier molecular flexibility index (Phi) is 7.50. The van der Waals surface area contributed by atoms with Gasteiger partial charge in [0.1, 0.15) is 5.75 Å². The first kappa shape index (κ1) is 20.9. The first-order valence-electron chi connectivity index (χ1n) is 8.81. The summed E-state index contributed by atoms with van der Waals surface area (Å²) in [7, 11) is 1.36. The van der Waals surface area contributed by atoms with Crippen LogP contribution in [0.5, 0.6) is 11.5 Å². The molecule has 2 aromatic rings. The number of amides is 1. The summed E-state index contributed by atoms with van der Waals surface area (Å²) >= 11 is 0. The van der Waals surface area contributed by atoms with E-state index >= 15 is 0 Å². The Bertz CT molecular complexity index is 849. The van der Waals surface area contributed by atoms with Crippen LogP contribution in [0.2, 0.25) is 0 Å². The van der Waals surface area contributed by atoms with Crippen molar-refractivity contribution >= 4 is 17.8 Å². The predicted octanol–water partition coefficient (Wildman–Crippen LogP) is 3.65. The Morgan fingerprint density at radius 1 is 1.29 bits per heavy atom. The number of nitro groups is 1. The lowest BCUT2D eigenvalue weighted by Crippen LogP contribution is -2.24. The van der Waals surface area contributed by atoms with Crippen molar-refractivity contribution in [2.24, 2.45) is 5.10 Å². The van der Waals surface area contributed by atoms with Crippen LogP contribution in [0, 0.1) is 10.1 Å². The van der Waals surface area contributed by atoms with Gasteiger partial charge in [0, 0.05) is 11.6 Å². The Morgan fingerprint density at radius 3 is 2.61 bits per heavy atom. The fraction of sp³-hybridized carbons (Fsp3) is 0.300. The third-order valence-electron chi connectivity index (χ3n) is 4.23. The highest BCUT2D eigenvalue weighted by Gasteiger charge is 2.14.